The van der Waals surface area contributed by atoms with E-state index in [1.54, 1.807) is 31.2 Å². The van der Waals surface area contributed by atoms with E-state index in [1.807, 2.05) is 0 Å². The molecule has 2 rings (SSSR count). The largest absolute Gasteiger partial charge is 0.496 e. The van der Waals surface area contributed by atoms with Gasteiger partial charge in [-0.1, -0.05) is 23.7 Å². The highest BCUT2D eigenvalue weighted by atomic mass is 35.5. The Labute approximate surface area is 127 Å². The molecule has 0 saturated heterocycles. The molecule has 0 aliphatic carbocycles. The van der Waals surface area contributed by atoms with Crippen LogP contribution in [0, 0.1) is 12.7 Å². The van der Waals surface area contributed by atoms with Crippen molar-refractivity contribution in [3.8, 4) is 5.75 Å². The van der Waals surface area contributed by atoms with Crippen LogP contribution in [-0.4, -0.2) is 13.0 Å². The fourth-order valence-electron chi connectivity index (χ4n) is 1.88. The third kappa shape index (κ3) is 3.73. The van der Waals surface area contributed by atoms with Gasteiger partial charge in [0.25, 0.3) is 5.91 Å². The Morgan fingerprint density at radius 3 is 2.71 bits per heavy atom. The molecule has 0 fully saturated rings. The van der Waals surface area contributed by atoms with Crippen LogP contribution in [0.25, 0.3) is 0 Å². The van der Waals surface area contributed by atoms with Crippen LogP contribution in [-0.2, 0) is 6.54 Å². The maximum Gasteiger partial charge on any atom is 0.255 e. The summed E-state index contributed by atoms with van der Waals surface area (Å²) in [6.45, 7) is 1.92. The molecule has 0 radical (unpaired) electrons. The molecule has 0 unspecified atom stereocenters. The number of aryl methyl sites for hydroxylation is 1. The standard InChI is InChI=1S/C16H15ClFNO2/c1-10-3-4-11(7-14(10)18)9-19-16(20)13-8-12(17)5-6-15(13)21-2/h3-8H,9H2,1-2H3,(H,19,20). The number of methoxy groups -OCH3 is 1. The average Bonchev–Trinajstić information content (AvgIpc) is 2.48. The lowest BCUT2D eigenvalue weighted by Gasteiger charge is -2.10. The Morgan fingerprint density at radius 2 is 2.05 bits per heavy atom. The molecule has 5 heteroatoms. The third-order valence-electron chi connectivity index (χ3n) is 3.10. The van der Waals surface area contributed by atoms with Gasteiger partial charge in [-0.25, -0.2) is 4.39 Å². The van der Waals surface area contributed by atoms with Crippen molar-refractivity contribution in [1.29, 1.82) is 0 Å². The number of amides is 1. The molecule has 21 heavy (non-hydrogen) atoms. The molecule has 110 valence electrons. The van der Waals surface area contributed by atoms with Gasteiger partial charge in [0.2, 0.25) is 0 Å². The minimum atomic E-state index is -0.324. The van der Waals surface area contributed by atoms with Gasteiger partial charge in [0.15, 0.2) is 0 Å². The Kier molecular flexibility index (Phi) is 4.81. The Bertz CT molecular complexity index is 673. The van der Waals surface area contributed by atoms with Crippen LogP contribution in [0.5, 0.6) is 5.75 Å². The fraction of sp³-hybridized carbons (Fsp3) is 0.188. The summed E-state index contributed by atoms with van der Waals surface area (Å²) in [6, 6.07) is 9.66. The van der Waals surface area contributed by atoms with Crippen molar-refractivity contribution in [2.24, 2.45) is 0 Å². The normalized spacial score (nSPS) is 10.3. The summed E-state index contributed by atoms with van der Waals surface area (Å²) in [5, 5.41) is 3.17. The average molecular weight is 308 g/mol. The van der Waals surface area contributed by atoms with E-state index in [9.17, 15) is 9.18 Å². The van der Waals surface area contributed by atoms with E-state index in [0.717, 1.165) is 0 Å². The van der Waals surface area contributed by atoms with E-state index in [4.69, 9.17) is 16.3 Å². The summed E-state index contributed by atoms with van der Waals surface area (Å²) in [5.74, 6) is -0.176. The number of halogens is 2. The van der Waals surface area contributed by atoms with Crippen LogP contribution in [0.15, 0.2) is 36.4 Å². The lowest BCUT2D eigenvalue weighted by molar-refractivity contribution is 0.0948. The molecule has 2 aromatic rings. The van der Waals surface area contributed by atoms with E-state index in [-0.39, 0.29) is 18.3 Å². The van der Waals surface area contributed by atoms with Crippen molar-refractivity contribution < 1.29 is 13.9 Å². The Hall–Kier alpha value is -2.07. The number of hydrogen-bond donors (Lipinski definition) is 1. The highest BCUT2D eigenvalue weighted by molar-refractivity contribution is 6.31. The van der Waals surface area contributed by atoms with E-state index < -0.39 is 0 Å². The summed E-state index contributed by atoms with van der Waals surface area (Å²) in [7, 11) is 1.48. The van der Waals surface area contributed by atoms with Crippen molar-refractivity contribution in [2.45, 2.75) is 13.5 Å². The molecule has 1 amide bonds. The monoisotopic (exact) mass is 307 g/mol. The molecule has 0 atom stereocenters. The molecular formula is C16H15ClFNO2. The van der Waals surface area contributed by atoms with Gasteiger partial charge in [-0.05, 0) is 42.3 Å². The zero-order chi connectivity index (χ0) is 15.4. The zero-order valence-electron chi connectivity index (χ0n) is 11.7. The van der Waals surface area contributed by atoms with Crippen LogP contribution >= 0.6 is 11.6 Å². The first kappa shape index (κ1) is 15.3. The van der Waals surface area contributed by atoms with Gasteiger partial charge in [0.05, 0.1) is 12.7 Å². The molecule has 0 aliphatic rings. The first-order valence-electron chi connectivity index (χ1n) is 6.38. The van der Waals surface area contributed by atoms with Crippen molar-refractivity contribution in [2.75, 3.05) is 7.11 Å². The van der Waals surface area contributed by atoms with Crippen molar-refractivity contribution in [3.05, 3.63) is 63.9 Å². The highest BCUT2D eigenvalue weighted by Crippen LogP contribution is 2.22. The van der Waals surface area contributed by atoms with Crippen molar-refractivity contribution in [3.63, 3.8) is 0 Å². The predicted octanol–water partition coefficient (Wildman–Crippen LogP) is 3.73. The van der Waals surface area contributed by atoms with Gasteiger partial charge in [-0.2, -0.15) is 0 Å². The lowest BCUT2D eigenvalue weighted by Crippen LogP contribution is -2.23. The number of nitrogens with one attached hydrogen (secondary N) is 1. The number of rotatable bonds is 4. The minimum absolute atomic E-state index is 0.228. The first-order chi connectivity index (χ1) is 10.0. The summed E-state index contributed by atoms with van der Waals surface area (Å²) >= 11 is 5.89. The Morgan fingerprint density at radius 1 is 1.29 bits per heavy atom. The molecule has 3 nitrogen and oxygen atoms in total. The highest BCUT2D eigenvalue weighted by Gasteiger charge is 2.12. The smallest absolute Gasteiger partial charge is 0.255 e. The SMILES string of the molecule is COc1ccc(Cl)cc1C(=O)NCc1ccc(C)c(F)c1. The first-order valence-corrected chi connectivity index (χ1v) is 6.76. The molecular weight excluding hydrogens is 293 g/mol. The summed E-state index contributed by atoms with van der Waals surface area (Å²) < 4.78 is 18.6. The number of ether oxygens (including phenoxy) is 1. The van der Waals surface area contributed by atoms with Crippen LogP contribution in [0.2, 0.25) is 5.02 Å². The predicted molar refractivity (Wildman–Crippen MR) is 80.3 cm³/mol. The summed E-state index contributed by atoms with van der Waals surface area (Å²) in [6.07, 6.45) is 0. The quantitative estimate of drug-likeness (QED) is 0.934. The molecule has 0 bridgehead atoms. The summed E-state index contributed by atoms with van der Waals surface area (Å²) in [4.78, 5) is 12.2. The lowest BCUT2D eigenvalue weighted by atomic mass is 10.1. The number of hydrogen-bond acceptors (Lipinski definition) is 2. The van der Waals surface area contributed by atoms with Crippen molar-refractivity contribution >= 4 is 17.5 Å². The second-order valence-electron chi connectivity index (χ2n) is 4.61. The van der Waals surface area contributed by atoms with Crippen LogP contribution in [0.4, 0.5) is 4.39 Å². The second kappa shape index (κ2) is 6.59. The minimum Gasteiger partial charge on any atom is -0.496 e. The molecule has 0 spiro atoms. The number of carbonyl (C=O) groups excluding carboxylic acids is 1. The van der Waals surface area contributed by atoms with Gasteiger partial charge >= 0.3 is 0 Å². The van der Waals surface area contributed by atoms with E-state index >= 15 is 0 Å². The third-order valence-corrected chi connectivity index (χ3v) is 3.33. The fourth-order valence-corrected chi connectivity index (χ4v) is 2.05. The van der Waals surface area contributed by atoms with Crippen LogP contribution in [0.3, 0.4) is 0 Å². The zero-order valence-corrected chi connectivity index (χ0v) is 12.5. The van der Waals surface area contributed by atoms with Gasteiger partial charge < -0.3 is 10.1 Å². The molecule has 0 aliphatic heterocycles. The van der Waals surface area contributed by atoms with Crippen LogP contribution in [0.1, 0.15) is 21.5 Å². The molecule has 1 N–H and O–H groups in total. The topological polar surface area (TPSA) is 38.3 Å². The maximum atomic E-state index is 13.4. The van der Waals surface area contributed by atoms with E-state index in [1.165, 1.54) is 19.2 Å². The van der Waals surface area contributed by atoms with Gasteiger partial charge in [-0.3, -0.25) is 4.79 Å². The maximum absolute atomic E-state index is 13.4. The van der Waals surface area contributed by atoms with E-state index in [0.29, 0.717) is 27.5 Å². The number of benzene rings is 2. The molecule has 2 aromatic carbocycles. The van der Waals surface area contributed by atoms with Crippen molar-refractivity contribution in [1.82, 2.24) is 5.32 Å². The van der Waals surface area contributed by atoms with Crippen LogP contribution < -0.4 is 10.1 Å². The second-order valence-corrected chi connectivity index (χ2v) is 5.05. The van der Waals surface area contributed by atoms with E-state index in [2.05, 4.69) is 5.32 Å². The van der Waals surface area contributed by atoms with Gasteiger partial charge in [0.1, 0.15) is 11.6 Å². The Balaban J connectivity index is 2.11. The number of carbonyl (C=O) groups is 1. The molecule has 0 saturated carbocycles. The van der Waals surface area contributed by atoms with Gasteiger partial charge in [0, 0.05) is 11.6 Å². The van der Waals surface area contributed by atoms with Gasteiger partial charge in [-0.15, -0.1) is 0 Å². The molecule has 0 aromatic heterocycles. The summed E-state index contributed by atoms with van der Waals surface area (Å²) in [5.41, 5.74) is 1.60. The molecule has 0 heterocycles.